The smallest absolute Gasteiger partial charge is 0.225 e. The van der Waals surface area contributed by atoms with E-state index in [2.05, 4.69) is 14.8 Å². The third-order valence-electron chi connectivity index (χ3n) is 6.26. The van der Waals surface area contributed by atoms with Gasteiger partial charge in [-0.25, -0.2) is 9.37 Å². The maximum atomic E-state index is 14.0. The predicted octanol–water partition coefficient (Wildman–Crippen LogP) is 4.65. The third-order valence-corrected chi connectivity index (χ3v) is 7.59. The molecule has 0 atom stereocenters. The topological polar surface area (TPSA) is 39.7 Å². The number of carbonyl (C=O) groups is 1. The molecule has 162 valence electrons. The van der Waals surface area contributed by atoms with Gasteiger partial charge in [-0.1, -0.05) is 29.0 Å². The fourth-order valence-electron chi connectivity index (χ4n) is 4.45. The first-order valence-corrected chi connectivity index (χ1v) is 11.9. The second-order valence-electron chi connectivity index (χ2n) is 8.13. The molecule has 5 nitrogen and oxygen atoms in total. The van der Waals surface area contributed by atoms with Crippen LogP contribution >= 0.6 is 22.9 Å². The zero-order valence-corrected chi connectivity index (χ0v) is 18.7. The van der Waals surface area contributed by atoms with E-state index in [1.807, 2.05) is 35.2 Å². The van der Waals surface area contributed by atoms with Crippen LogP contribution in [0.4, 0.5) is 15.2 Å². The Labute approximate surface area is 190 Å². The number of rotatable bonds is 3. The number of hydrogen-bond donors (Lipinski definition) is 0. The zero-order chi connectivity index (χ0) is 21.4. The number of aromatic nitrogens is 1. The molecule has 3 aromatic rings. The van der Waals surface area contributed by atoms with E-state index in [0.717, 1.165) is 72.7 Å². The van der Waals surface area contributed by atoms with Crippen LogP contribution in [0, 0.1) is 11.7 Å². The quantitative estimate of drug-likeness (QED) is 0.572. The Morgan fingerprint density at radius 3 is 2.35 bits per heavy atom. The van der Waals surface area contributed by atoms with Crippen molar-refractivity contribution in [3.63, 3.8) is 0 Å². The van der Waals surface area contributed by atoms with Gasteiger partial charge in [0.15, 0.2) is 5.13 Å². The number of anilines is 2. The van der Waals surface area contributed by atoms with E-state index < -0.39 is 0 Å². The molecule has 2 saturated heterocycles. The number of thiazole rings is 1. The molecular weight excluding hydrogens is 435 g/mol. The van der Waals surface area contributed by atoms with Gasteiger partial charge in [0.25, 0.3) is 0 Å². The van der Waals surface area contributed by atoms with Gasteiger partial charge >= 0.3 is 0 Å². The predicted molar refractivity (Wildman–Crippen MR) is 125 cm³/mol. The van der Waals surface area contributed by atoms with Crippen LogP contribution < -0.4 is 9.80 Å². The van der Waals surface area contributed by atoms with Gasteiger partial charge in [0.1, 0.15) is 11.3 Å². The number of hydrogen-bond acceptors (Lipinski definition) is 5. The van der Waals surface area contributed by atoms with Crippen LogP contribution in [0.1, 0.15) is 12.8 Å². The largest absolute Gasteiger partial charge is 0.368 e. The van der Waals surface area contributed by atoms with Gasteiger partial charge in [0.2, 0.25) is 5.91 Å². The van der Waals surface area contributed by atoms with E-state index in [0.29, 0.717) is 5.52 Å². The van der Waals surface area contributed by atoms with Crippen molar-refractivity contribution in [3.05, 3.63) is 53.3 Å². The van der Waals surface area contributed by atoms with Crippen molar-refractivity contribution in [2.75, 3.05) is 49.1 Å². The minimum absolute atomic E-state index is 0.0597. The lowest BCUT2D eigenvalue weighted by Gasteiger charge is -2.39. The number of amides is 1. The molecule has 31 heavy (non-hydrogen) atoms. The molecule has 1 aromatic heterocycles. The van der Waals surface area contributed by atoms with Crippen LogP contribution in [0.15, 0.2) is 42.5 Å². The standard InChI is InChI=1S/C23H24ClFN4OS/c24-17-4-6-18(7-5-17)27-12-14-28(15-13-27)22(30)16-8-10-29(11-9-16)23-26-21-19(25)2-1-3-20(21)31-23/h1-7,16H,8-15H2. The molecule has 3 heterocycles. The average molecular weight is 459 g/mol. The van der Waals surface area contributed by atoms with Crippen molar-refractivity contribution in [1.29, 1.82) is 0 Å². The molecule has 2 aromatic carbocycles. The Morgan fingerprint density at radius 2 is 1.68 bits per heavy atom. The third kappa shape index (κ3) is 4.21. The van der Waals surface area contributed by atoms with Crippen LogP contribution in [0.5, 0.6) is 0 Å². The number of piperazine rings is 1. The maximum absolute atomic E-state index is 14.0. The summed E-state index contributed by atoms with van der Waals surface area (Å²) in [5.74, 6) is 0.0537. The second kappa shape index (κ2) is 8.63. The first-order chi connectivity index (χ1) is 15.1. The molecule has 0 bridgehead atoms. The van der Waals surface area contributed by atoms with Crippen LogP contribution in [-0.2, 0) is 4.79 Å². The molecule has 0 unspecified atom stereocenters. The lowest BCUT2D eigenvalue weighted by Crippen LogP contribution is -2.51. The first-order valence-electron chi connectivity index (χ1n) is 10.7. The van der Waals surface area contributed by atoms with Crippen molar-refractivity contribution >= 4 is 49.9 Å². The van der Waals surface area contributed by atoms with Crippen molar-refractivity contribution in [1.82, 2.24) is 9.88 Å². The van der Waals surface area contributed by atoms with Gasteiger partial charge in [0.05, 0.1) is 4.70 Å². The van der Waals surface area contributed by atoms with Gasteiger partial charge in [-0.2, -0.15) is 0 Å². The molecule has 2 aliphatic heterocycles. The number of nitrogens with zero attached hydrogens (tertiary/aromatic N) is 4. The number of benzene rings is 2. The number of para-hydroxylation sites is 1. The van der Waals surface area contributed by atoms with E-state index in [1.54, 1.807) is 6.07 Å². The molecule has 0 radical (unpaired) electrons. The lowest BCUT2D eigenvalue weighted by atomic mass is 9.95. The van der Waals surface area contributed by atoms with Crippen molar-refractivity contribution in [3.8, 4) is 0 Å². The van der Waals surface area contributed by atoms with Gasteiger partial charge in [-0.3, -0.25) is 4.79 Å². The van der Waals surface area contributed by atoms with Gasteiger partial charge in [-0.05, 0) is 49.2 Å². The summed E-state index contributed by atoms with van der Waals surface area (Å²) in [5.41, 5.74) is 1.59. The highest BCUT2D eigenvalue weighted by Gasteiger charge is 2.31. The Bertz CT molecular complexity index is 1070. The van der Waals surface area contributed by atoms with Crippen molar-refractivity contribution in [2.45, 2.75) is 12.8 Å². The normalized spacial score (nSPS) is 18.1. The molecule has 0 aliphatic carbocycles. The van der Waals surface area contributed by atoms with E-state index >= 15 is 0 Å². The van der Waals surface area contributed by atoms with Crippen LogP contribution in [0.25, 0.3) is 10.2 Å². The highest BCUT2D eigenvalue weighted by atomic mass is 35.5. The molecule has 5 rings (SSSR count). The number of piperidine rings is 1. The fourth-order valence-corrected chi connectivity index (χ4v) is 5.61. The summed E-state index contributed by atoms with van der Waals surface area (Å²) in [6, 6.07) is 12.9. The highest BCUT2D eigenvalue weighted by Crippen LogP contribution is 2.33. The molecule has 0 saturated carbocycles. The SMILES string of the molecule is O=C(C1CCN(c2nc3c(F)cccc3s2)CC1)N1CCN(c2ccc(Cl)cc2)CC1. The monoisotopic (exact) mass is 458 g/mol. The van der Waals surface area contributed by atoms with Crippen LogP contribution in [-0.4, -0.2) is 55.1 Å². The Balaban J connectivity index is 1.16. The van der Waals surface area contributed by atoms with E-state index in [1.165, 1.54) is 17.4 Å². The van der Waals surface area contributed by atoms with Gasteiger partial charge in [0, 0.05) is 55.9 Å². The van der Waals surface area contributed by atoms with Crippen LogP contribution in [0.2, 0.25) is 5.02 Å². The van der Waals surface area contributed by atoms with E-state index in [9.17, 15) is 9.18 Å². The zero-order valence-electron chi connectivity index (χ0n) is 17.1. The summed E-state index contributed by atoms with van der Waals surface area (Å²) < 4.78 is 14.8. The molecular formula is C23H24ClFN4OS. The summed E-state index contributed by atoms with van der Waals surface area (Å²) in [6.45, 7) is 4.73. The molecule has 0 spiro atoms. The minimum Gasteiger partial charge on any atom is -0.368 e. The van der Waals surface area contributed by atoms with E-state index in [4.69, 9.17) is 11.6 Å². The highest BCUT2D eigenvalue weighted by molar-refractivity contribution is 7.22. The average Bonchev–Trinajstić information content (AvgIpc) is 3.25. The maximum Gasteiger partial charge on any atom is 0.225 e. The van der Waals surface area contributed by atoms with Crippen molar-refractivity contribution in [2.24, 2.45) is 5.92 Å². The fraction of sp³-hybridized carbons (Fsp3) is 0.391. The number of halogens is 2. The summed E-state index contributed by atoms with van der Waals surface area (Å²) in [6.07, 6.45) is 1.63. The first kappa shape index (κ1) is 20.5. The summed E-state index contributed by atoms with van der Waals surface area (Å²) in [5, 5.41) is 1.59. The molecule has 2 aliphatic rings. The molecule has 1 amide bonds. The Morgan fingerprint density at radius 1 is 0.968 bits per heavy atom. The molecule has 2 fully saturated rings. The summed E-state index contributed by atoms with van der Waals surface area (Å²) in [4.78, 5) is 24.1. The number of carbonyl (C=O) groups excluding carboxylic acids is 1. The lowest BCUT2D eigenvalue weighted by molar-refractivity contribution is -0.136. The molecule has 8 heteroatoms. The second-order valence-corrected chi connectivity index (χ2v) is 9.58. The number of fused-ring (bicyclic) bond motifs is 1. The van der Waals surface area contributed by atoms with Gasteiger partial charge in [-0.15, -0.1) is 0 Å². The molecule has 0 N–H and O–H groups in total. The van der Waals surface area contributed by atoms with E-state index in [-0.39, 0.29) is 17.6 Å². The minimum atomic E-state index is -0.275. The Hall–Kier alpha value is -2.38. The summed E-state index contributed by atoms with van der Waals surface area (Å²) >= 11 is 7.50. The van der Waals surface area contributed by atoms with Gasteiger partial charge < -0.3 is 14.7 Å². The van der Waals surface area contributed by atoms with Crippen LogP contribution in [0.3, 0.4) is 0 Å². The van der Waals surface area contributed by atoms with Crippen molar-refractivity contribution < 1.29 is 9.18 Å². The summed E-state index contributed by atoms with van der Waals surface area (Å²) in [7, 11) is 0. The Kier molecular flexibility index (Phi) is 5.71.